The van der Waals surface area contributed by atoms with E-state index in [0.29, 0.717) is 6.73 Å². The van der Waals surface area contributed by atoms with Gasteiger partial charge in [0.05, 0.1) is 5.41 Å². The number of rotatable bonds is 5. The van der Waals surface area contributed by atoms with E-state index < -0.39 is 0 Å². The lowest BCUT2D eigenvalue weighted by molar-refractivity contribution is -0.141. The van der Waals surface area contributed by atoms with Crippen molar-refractivity contribution in [2.45, 2.75) is 40.5 Å². The van der Waals surface area contributed by atoms with Crippen molar-refractivity contribution in [3.05, 3.63) is 0 Å². The van der Waals surface area contributed by atoms with E-state index in [2.05, 4.69) is 20.8 Å². The average Bonchev–Trinajstić information content (AvgIpc) is 2.66. The number of hydrogen-bond acceptors (Lipinski definition) is 2. The highest BCUT2D eigenvalue weighted by Gasteiger charge is 2.63. The molecule has 1 amide bonds. The van der Waals surface area contributed by atoms with Gasteiger partial charge in [-0.25, -0.2) is 0 Å². The molecule has 15 heavy (non-hydrogen) atoms. The molecule has 0 heterocycles. The minimum atomic E-state index is -0.169. The molecule has 0 spiro atoms. The van der Waals surface area contributed by atoms with Crippen LogP contribution in [0.2, 0.25) is 0 Å². The molecule has 1 unspecified atom stereocenters. The highest BCUT2D eigenvalue weighted by Crippen LogP contribution is 2.63. The highest BCUT2D eigenvalue weighted by molar-refractivity contribution is 5.86. The zero-order valence-electron chi connectivity index (χ0n) is 10.6. The molecule has 0 aromatic heterocycles. The minimum absolute atomic E-state index is 0.156. The maximum Gasteiger partial charge on any atom is 0.230 e. The van der Waals surface area contributed by atoms with Gasteiger partial charge in [0.25, 0.3) is 0 Å². The molecule has 0 saturated heterocycles. The first kappa shape index (κ1) is 12.5. The van der Waals surface area contributed by atoms with Crippen LogP contribution in [0.5, 0.6) is 0 Å². The van der Waals surface area contributed by atoms with Crippen LogP contribution in [-0.4, -0.2) is 31.2 Å². The molecule has 0 bridgehead atoms. The molecule has 0 aromatic carbocycles. The summed E-state index contributed by atoms with van der Waals surface area (Å²) >= 11 is 0. The van der Waals surface area contributed by atoms with Gasteiger partial charge >= 0.3 is 0 Å². The first-order valence-corrected chi connectivity index (χ1v) is 5.68. The Bertz CT molecular complexity index is 250. The third-order valence-electron chi connectivity index (χ3n) is 3.62. The van der Waals surface area contributed by atoms with Crippen molar-refractivity contribution in [2.24, 2.45) is 10.8 Å². The zero-order valence-corrected chi connectivity index (χ0v) is 10.6. The van der Waals surface area contributed by atoms with Crippen molar-refractivity contribution in [2.75, 3.05) is 20.4 Å². The molecule has 0 aromatic rings. The molecule has 1 atom stereocenters. The SMILES string of the molecule is CCCOCN(C)C(=O)C1(C)CC1(C)C. The van der Waals surface area contributed by atoms with Crippen molar-refractivity contribution >= 4 is 5.91 Å². The number of amides is 1. The molecule has 0 radical (unpaired) electrons. The van der Waals surface area contributed by atoms with Crippen LogP contribution in [0.4, 0.5) is 0 Å². The van der Waals surface area contributed by atoms with Gasteiger partial charge in [-0.3, -0.25) is 4.79 Å². The fourth-order valence-electron chi connectivity index (χ4n) is 2.03. The summed E-state index contributed by atoms with van der Waals surface area (Å²) in [6.45, 7) is 9.53. The van der Waals surface area contributed by atoms with Crippen LogP contribution in [0.15, 0.2) is 0 Å². The fourth-order valence-corrected chi connectivity index (χ4v) is 2.03. The molecule has 1 saturated carbocycles. The molecular weight excluding hydrogens is 190 g/mol. The van der Waals surface area contributed by atoms with Gasteiger partial charge in [-0.2, -0.15) is 0 Å². The summed E-state index contributed by atoms with van der Waals surface area (Å²) in [7, 11) is 1.82. The van der Waals surface area contributed by atoms with E-state index >= 15 is 0 Å². The Kier molecular flexibility index (Phi) is 3.44. The van der Waals surface area contributed by atoms with Crippen LogP contribution in [0.3, 0.4) is 0 Å². The van der Waals surface area contributed by atoms with Gasteiger partial charge in [-0.15, -0.1) is 0 Å². The van der Waals surface area contributed by atoms with Crippen molar-refractivity contribution in [1.29, 1.82) is 0 Å². The van der Waals surface area contributed by atoms with Crippen molar-refractivity contribution in [1.82, 2.24) is 4.90 Å². The summed E-state index contributed by atoms with van der Waals surface area (Å²) < 4.78 is 5.36. The topological polar surface area (TPSA) is 29.5 Å². The second-order valence-electron chi connectivity index (χ2n) is 5.43. The molecule has 3 heteroatoms. The van der Waals surface area contributed by atoms with Crippen LogP contribution < -0.4 is 0 Å². The zero-order chi connectivity index (χ0) is 11.7. The smallest absolute Gasteiger partial charge is 0.230 e. The maximum absolute atomic E-state index is 12.1. The van der Waals surface area contributed by atoms with Crippen molar-refractivity contribution in [3.8, 4) is 0 Å². The van der Waals surface area contributed by atoms with E-state index in [9.17, 15) is 4.79 Å². The van der Waals surface area contributed by atoms with Gasteiger partial charge in [-0.05, 0) is 18.3 Å². The van der Waals surface area contributed by atoms with Gasteiger partial charge in [-0.1, -0.05) is 27.7 Å². The molecule has 3 nitrogen and oxygen atoms in total. The Morgan fingerprint density at radius 3 is 2.33 bits per heavy atom. The molecule has 0 aliphatic heterocycles. The lowest BCUT2D eigenvalue weighted by Gasteiger charge is -2.23. The molecule has 0 N–H and O–H groups in total. The largest absolute Gasteiger partial charge is 0.361 e. The van der Waals surface area contributed by atoms with Gasteiger partial charge in [0, 0.05) is 13.7 Å². The third kappa shape index (κ3) is 2.33. The van der Waals surface area contributed by atoms with Crippen LogP contribution in [0, 0.1) is 10.8 Å². The Balaban J connectivity index is 2.41. The van der Waals surface area contributed by atoms with Gasteiger partial charge in [0.15, 0.2) is 0 Å². The Morgan fingerprint density at radius 2 is 1.93 bits per heavy atom. The summed E-state index contributed by atoms with van der Waals surface area (Å²) in [5.74, 6) is 0.212. The maximum atomic E-state index is 12.1. The number of carbonyl (C=O) groups excluding carboxylic acids is 1. The number of nitrogens with zero attached hydrogens (tertiary/aromatic N) is 1. The second kappa shape index (κ2) is 4.12. The second-order valence-corrected chi connectivity index (χ2v) is 5.43. The third-order valence-corrected chi connectivity index (χ3v) is 3.62. The quantitative estimate of drug-likeness (QED) is 0.518. The first-order valence-electron chi connectivity index (χ1n) is 5.68. The van der Waals surface area contributed by atoms with E-state index in [1.165, 1.54) is 0 Å². The highest BCUT2D eigenvalue weighted by atomic mass is 16.5. The fraction of sp³-hybridized carbons (Fsp3) is 0.917. The van der Waals surface area contributed by atoms with Crippen LogP contribution in [0.25, 0.3) is 0 Å². The van der Waals surface area contributed by atoms with E-state index in [0.717, 1.165) is 19.4 Å². The van der Waals surface area contributed by atoms with Crippen LogP contribution in [-0.2, 0) is 9.53 Å². The molecule has 1 aliphatic rings. The molecule has 1 rings (SSSR count). The molecule has 88 valence electrons. The van der Waals surface area contributed by atoms with Crippen molar-refractivity contribution in [3.63, 3.8) is 0 Å². The predicted octanol–water partition coefficient (Wildman–Crippen LogP) is 2.27. The van der Waals surface area contributed by atoms with Crippen molar-refractivity contribution < 1.29 is 9.53 Å². The number of ether oxygens (including phenoxy) is 1. The summed E-state index contributed by atoms with van der Waals surface area (Å²) in [4.78, 5) is 13.8. The van der Waals surface area contributed by atoms with E-state index in [4.69, 9.17) is 4.74 Å². The van der Waals surface area contributed by atoms with Crippen LogP contribution in [0.1, 0.15) is 40.5 Å². The Hall–Kier alpha value is -0.570. The average molecular weight is 213 g/mol. The first-order chi connectivity index (χ1) is 6.85. The van der Waals surface area contributed by atoms with Gasteiger partial charge in [0.1, 0.15) is 6.73 Å². The molecule has 1 fully saturated rings. The van der Waals surface area contributed by atoms with E-state index in [1.54, 1.807) is 4.90 Å². The van der Waals surface area contributed by atoms with E-state index in [-0.39, 0.29) is 16.7 Å². The number of hydrogen-bond donors (Lipinski definition) is 0. The summed E-state index contributed by atoms with van der Waals surface area (Å²) in [6.07, 6.45) is 1.97. The van der Waals surface area contributed by atoms with E-state index in [1.807, 2.05) is 14.0 Å². The Morgan fingerprint density at radius 1 is 1.40 bits per heavy atom. The summed E-state index contributed by atoms with van der Waals surface area (Å²) in [5.41, 5.74) is -0.0135. The van der Waals surface area contributed by atoms with Gasteiger partial charge < -0.3 is 9.64 Å². The molecular formula is C12H23NO2. The van der Waals surface area contributed by atoms with Gasteiger partial charge in [0.2, 0.25) is 5.91 Å². The van der Waals surface area contributed by atoms with Crippen LogP contribution >= 0.6 is 0 Å². The number of carbonyl (C=O) groups is 1. The molecule has 1 aliphatic carbocycles. The lowest BCUT2D eigenvalue weighted by Crippen LogP contribution is -2.36. The minimum Gasteiger partial charge on any atom is -0.361 e. The normalized spacial score (nSPS) is 27.5. The summed E-state index contributed by atoms with van der Waals surface area (Å²) in [5, 5.41) is 0. The predicted molar refractivity (Wildman–Crippen MR) is 60.4 cm³/mol. The Labute approximate surface area is 92.8 Å². The standard InChI is InChI=1S/C12H23NO2/c1-6-7-15-9-13(5)10(14)12(4)8-11(12,2)3/h6-9H2,1-5H3. The lowest BCUT2D eigenvalue weighted by atomic mass is 9.97. The monoisotopic (exact) mass is 213 g/mol. The summed E-state index contributed by atoms with van der Waals surface area (Å²) in [6, 6.07) is 0.